The van der Waals surface area contributed by atoms with Crippen LogP contribution in [0.2, 0.25) is 10.0 Å². The van der Waals surface area contributed by atoms with Crippen LogP contribution in [0.25, 0.3) is 0 Å². The van der Waals surface area contributed by atoms with Gasteiger partial charge in [-0.25, -0.2) is 0 Å². The summed E-state index contributed by atoms with van der Waals surface area (Å²) in [7, 11) is 0. The second-order valence-corrected chi connectivity index (χ2v) is 4.88. The average molecular weight is 327 g/mol. The lowest BCUT2D eigenvalue weighted by atomic mass is 10.2. The first kappa shape index (κ1) is 15.1. The van der Waals surface area contributed by atoms with E-state index in [0.717, 1.165) is 6.07 Å². The highest BCUT2D eigenvalue weighted by Crippen LogP contribution is 2.34. The number of nitro benzene ring substituents is 1. The summed E-state index contributed by atoms with van der Waals surface area (Å²) in [5.74, 6) is -0.582. The van der Waals surface area contributed by atoms with Crippen molar-refractivity contribution >= 4 is 34.8 Å². The van der Waals surface area contributed by atoms with Crippen molar-refractivity contribution in [2.24, 2.45) is 5.73 Å². The van der Waals surface area contributed by atoms with Crippen LogP contribution >= 0.6 is 23.2 Å². The SMILES string of the molecule is NC(=O)c1ccc(Oc2cc(Cl)cc(Cl)c2)c([N+](=O)[O-])c1. The molecule has 2 N–H and O–H groups in total. The van der Waals surface area contributed by atoms with Crippen molar-refractivity contribution in [1.29, 1.82) is 0 Å². The molecule has 0 aliphatic rings. The van der Waals surface area contributed by atoms with Gasteiger partial charge in [-0.1, -0.05) is 23.2 Å². The molecule has 0 fully saturated rings. The Morgan fingerprint density at radius 1 is 1.14 bits per heavy atom. The zero-order valence-corrected chi connectivity index (χ0v) is 11.9. The number of rotatable bonds is 4. The maximum Gasteiger partial charge on any atom is 0.312 e. The number of nitrogens with zero attached hydrogens (tertiary/aromatic N) is 1. The highest BCUT2D eigenvalue weighted by molar-refractivity contribution is 6.34. The molecule has 0 unspecified atom stereocenters. The van der Waals surface area contributed by atoms with Crippen LogP contribution in [0.1, 0.15) is 10.4 Å². The standard InChI is InChI=1S/C13H8Cl2N2O4/c14-8-4-9(15)6-10(5-8)21-12-2-1-7(13(16)18)3-11(12)17(19)20/h1-6H,(H2,16,18). The second-order valence-electron chi connectivity index (χ2n) is 4.01. The molecule has 0 aliphatic carbocycles. The Labute approximate surface area is 129 Å². The van der Waals surface area contributed by atoms with Crippen molar-refractivity contribution in [3.8, 4) is 11.5 Å². The molecule has 21 heavy (non-hydrogen) atoms. The molecule has 0 spiro atoms. The Kier molecular flexibility index (Phi) is 4.30. The number of ether oxygens (including phenoxy) is 1. The number of nitro groups is 1. The predicted octanol–water partition coefficient (Wildman–Crippen LogP) is 3.79. The fraction of sp³-hybridized carbons (Fsp3) is 0. The predicted molar refractivity (Wildman–Crippen MR) is 78.2 cm³/mol. The second kappa shape index (κ2) is 5.99. The molecule has 0 atom stereocenters. The van der Waals surface area contributed by atoms with Gasteiger partial charge < -0.3 is 10.5 Å². The number of primary amides is 1. The van der Waals surface area contributed by atoms with E-state index >= 15 is 0 Å². The van der Waals surface area contributed by atoms with E-state index in [9.17, 15) is 14.9 Å². The molecule has 0 saturated carbocycles. The first-order valence-corrected chi connectivity index (χ1v) is 6.34. The van der Waals surface area contributed by atoms with E-state index in [4.69, 9.17) is 33.7 Å². The van der Waals surface area contributed by atoms with Crippen molar-refractivity contribution in [3.05, 3.63) is 62.1 Å². The fourth-order valence-electron chi connectivity index (χ4n) is 1.61. The lowest BCUT2D eigenvalue weighted by molar-refractivity contribution is -0.385. The number of hydrogen-bond acceptors (Lipinski definition) is 4. The summed E-state index contributed by atoms with van der Waals surface area (Å²) in [4.78, 5) is 21.4. The summed E-state index contributed by atoms with van der Waals surface area (Å²) in [6, 6.07) is 8.08. The molecule has 0 aliphatic heterocycles. The van der Waals surface area contributed by atoms with Crippen LogP contribution in [0.4, 0.5) is 5.69 Å². The summed E-state index contributed by atoms with van der Waals surface area (Å²) < 4.78 is 5.40. The van der Waals surface area contributed by atoms with Crippen molar-refractivity contribution < 1.29 is 14.5 Å². The zero-order valence-electron chi connectivity index (χ0n) is 10.4. The smallest absolute Gasteiger partial charge is 0.312 e. The van der Waals surface area contributed by atoms with Crippen LogP contribution in [-0.4, -0.2) is 10.8 Å². The highest BCUT2D eigenvalue weighted by atomic mass is 35.5. The molecule has 2 aromatic rings. The third kappa shape index (κ3) is 3.62. The Bertz CT molecular complexity index is 714. The summed E-state index contributed by atoms with van der Waals surface area (Å²) in [5, 5.41) is 11.7. The number of halogens is 2. The lowest BCUT2D eigenvalue weighted by Gasteiger charge is -2.08. The Morgan fingerprint density at radius 3 is 2.29 bits per heavy atom. The number of carbonyl (C=O) groups is 1. The first-order chi connectivity index (χ1) is 9.86. The first-order valence-electron chi connectivity index (χ1n) is 5.59. The van der Waals surface area contributed by atoms with E-state index in [0.29, 0.717) is 10.0 Å². The lowest BCUT2D eigenvalue weighted by Crippen LogP contribution is -2.11. The molecule has 0 saturated heterocycles. The fourth-order valence-corrected chi connectivity index (χ4v) is 2.12. The van der Waals surface area contributed by atoms with Gasteiger partial charge in [0.2, 0.25) is 11.7 Å². The van der Waals surface area contributed by atoms with Crippen LogP contribution < -0.4 is 10.5 Å². The van der Waals surface area contributed by atoms with Gasteiger partial charge in [-0.2, -0.15) is 0 Å². The van der Waals surface area contributed by atoms with Gasteiger partial charge in [0, 0.05) is 21.7 Å². The normalized spacial score (nSPS) is 10.2. The van der Waals surface area contributed by atoms with Crippen LogP contribution in [0.5, 0.6) is 11.5 Å². The van der Waals surface area contributed by atoms with Gasteiger partial charge >= 0.3 is 5.69 Å². The van der Waals surface area contributed by atoms with Crippen LogP contribution in [0.15, 0.2) is 36.4 Å². The Balaban J connectivity index is 2.43. The maximum absolute atomic E-state index is 11.1. The highest BCUT2D eigenvalue weighted by Gasteiger charge is 2.18. The minimum absolute atomic E-state index is 0.0122. The monoisotopic (exact) mass is 326 g/mol. The number of amides is 1. The number of nitrogens with two attached hydrogens (primary N) is 1. The van der Waals surface area contributed by atoms with E-state index < -0.39 is 10.8 Å². The van der Waals surface area contributed by atoms with Crippen LogP contribution in [0, 0.1) is 10.1 Å². The summed E-state index contributed by atoms with van der Waals surface area (Å²) in [6.45, 7) is 0. The quantitative estimate of drug-likeness (QED) is 0.682. The Hall–Kier alpha value is -2.31. The van der Waals surface area contributed by atoms with E-state index in [1.807, 2.05) is 0 Å². The largest absolute Gasteiger partial charge is 0.450 e. The van der Waals surface area contributed by atoms with E-state index in [1.165, 1.54) is 30.3 Å². The topological polar surface area (TPSA) is 95.5 Å². The molecule has 0 radical (unpaired) electrons. The average Bonchev–Trinajstić information content (AvgIpc) is 2.37. The van der Waals surface area contributed by atoms with Crippen LogP contribution in [0.3, 0.4) is 0 Å². The van der Waals surface area contributed by atoms with Gasteiger partial charge in [0.05, 0.1) is 4.92 Å². The van der Waals surface area contributed by atoms with Crippen molar-refractivity contribution in [2.45, 2.75) is 0 Å². The van der Waals surface area contributed by atoms with Gasteiger partial charge in [-0.3, -0.25) is 14.9 Å². The molecule has 1 amide bonds. The molecular formula is C13H8Cl2N2O4. The minimum Gasteiger partial charge on any atom is -0.450 e. The van der Waals surface area contributed by atoms with E-state index in [1.54, 1.807) is 0 Å². The molecule has 0 bridgehead atoms. The van der Waals surface area contributed by atoms with Crippen molar-refractivity contribution in [3.63, 3.8) is 0 Å². The van der Waals surface area contributed by atoms with Gasteiger partial charge in [0.1, 0.15) is 5.75 Å². The zero-order chi connectivity index (χ0) is 15.6. The number of hydrogen-bond donors (Lipinski definition) is 1. The number of benzene rings is 2. The summed E-state index contributed by atoms with van der Waals surface area (Å²) >= 11 is 11.7. The van der Waals surface area contributed by atoms with E-state index in [-0.39, 0.29) is 22.7 Å². The Morgan fingerprint density at radius 2 is 1.76 bits per heavy atom. The van der Waals surface area contributed by atoms with E-state index in [2.05, 4.69) is 0 Å². The minimum atomic E-state index is -0.768. The van der Waals surface area contributed by atoms with Gasteiger partial charge in [-0.15, -0.1) is 0 Å². The third-order valence-electron chi connectivity index (χ3n) is 2.50. The molecule has 108 valence electrons. The molecule has 6 nitrogen and oxygen atoms in total. The van der Waals surface area contributed by atoms with Crippen LogP contribution in [-0.2, 0) is 0 Å². The third-order valence-corrected chi connectivity index (χ3v) is 2.94. The molecule has 0 aromatic heterocycles. The molecule has 2 rings (SSSR count). The maximum atomic E-state index is 11.1. The van der Waals surface area contributed by atoms with Gasteiger partial charge in [0.25, 0.3) is 0 Å². The molecule has 8 heteroatoms. The van der Waals surface area contributed by atoms with Crippen molar-refractivity contribution in [2.75, 3.05) is 0 Å². The molecular weight excluding hydrogens is 319 g/mol. The molecule has 2 aromatic carbocycles. The van der Waals surface area contributed by atoms with Gasteiger partial charge in [-0.05, 0) is 30.3 Å². The molecule has 0 heterocycles. The van der Waals surface area contributed by atoms with Gasteiger partial charge in [0.15, 0.2) is 0 Å². The summed E-state index contributed by atoms with van der Waals surface area (Å²) in [6.07, 6.45) is 0. The summed E-state index contributed by atoms with van der Waals surface area (Å²) in [5.41, 5.74) is 4.71. The number of carbonyl (C=O) groups excluding carboxylic acids is 1. The van der Waals surface area contributed by atoms with Crippen molar-refractivity contribution in [1.82, 2.24) is 0 Å².